The molecule has 8 atom stereocenters. The Morgan fingerprint density at radius 1 is 1.21 bits per heavy atom. The molecule has 5 rings (SSSR count). The molecule has 5 fully saturated rings. The van der Waals surface area contributed by atoms with Crippen LogP contribution < -0.4 is 0 Å². The molecule has 1 saturated heterocycles. The number of carbonyl (C=O) groups is 1. The summed E-state index contributed by atoms with van der Waals surface area (Å²) < 4.78 is 13.1. The molecule has 1 heterocycles. The molecular weight excluding hydrogens is 353 g/mol. The van der Waals surface area contributed by atoms with Crippen molar-refractivity contribution in [2.24, 2.45) is 40.9 Å². The normalized spacial score (nSPS) is 50.3. The molecule has 1 spiro atoms. The van der Waals surface area contributed by atoms with Gasteiger partial charge in [-0.1, -0.05) is 26.7 Å². The van der Waals surface area contributed by atoms with Crippen molar-refractivity contribution >= 4 is 13.1 Å². The lowest BCUT2D eigenvalue weighted by Gasteiger charge is -2.87. The SMILES string of the molecule is CN(C)C[C@@H]1CC[C@@H](CCB2O[C@@]34C[C@H]5C3[C@H](C5(C)C)[C@@]4(C)O2)C[C@@H]1C(=O)O. The summed E-state index contributed by atoms with van der Waals surface area (Å²) in [6.07, 6.45) is 6.08. The van der Waals surface area contributed by atoms with Crippen molar-refractivity contribution in [3.05, 3.63) is 0 Å². The highest BCUT2D eigenvalue weighted by molar-refractivity contribution is 6.45. The zero-order valence-electron chi connectivity index (χ0n) is 18.1. The first-order valence-corrected chi connectivity index (χ1v) is 11.3. The van der Waals surface area contributed by atoms with E-state index in [4.69, 9.17) is 9.31 Å². The van der Waals surface area contributed by atoms with Crippen LogP contribution in [-0.2, 0) is 14.1 Å². The van der Waals surface area contributed by atoms with Crippen LogP contribution >= 0.6 is 0 Å². The second-order valence-electron chi connectivity index (χ2n) is 11.5. The molecule has 4 saturated carbocycles. The Bertz CT molecular complexity index is 683. The second kappa shape index (κ2) is 5.98. The van der Waals surface area contributed by atoms with Gasteiger partial charge in [0.1, 0.15) is 0 Å². The van der Waals surface area contributed by atoms with Gasteiger partial charge < -0.3 is 19.3 Å². The van der Waals surface area contributed by atoms with Crippen LogP contribution in [0.4, 0.5) is 0 Å². The fourth-order valence-corrected chi connectivity index (χ4v) is 8.32. The van der Waals surface area contributed by atoms with E-state index >= 15 is 0 Å². The highest BCUT2D eigenvalue weighted by Gasteiger charge is 2.92. The molecule has 0 aromatic heterocycles. The average Bonchev–Trinajstić information content (AvgIpc) is 2.88. The first-order valence-electron chi connectivity index (χ1n) is 11.3. The number of nitrogens with zero attached hydrogens (tertiary/aromatic N) is 1. The highest BCUT2D eigenvalue weighted by Crippen LogP contribution is 2.86. The van der Waals surface area contributed by atoms with Crippen molar-refractivity contribution in [1.82, 2.24) is 4.90 Å². The van der Waals surface area contributed by atoms with E-state index in [1.807, 2.05) is 14.1 Å². The summed E-state index contributed by atoms with van der Waals surface area (Å²) in [7, 11) is 3.98. The molecular formula is C22H36BNO4. The minimum absolute atomic E-state index is 0.00942. The number of hydrogen-bond donors (Lipinski definition) is 1. The number of carboxylic acid groups (broad SMARTS) is 1. The molecule has 5 nitrogen and oxygen atoms in total. The molecule has 1 unspecified atom stereocenters. The van der Waals surface area contributed by atoms with E-state index in [0.29, 0.717) is 17.3 Å². The van der Waals surface area contributed by atoms with Crippen LogP contribution in [0.5, 0.6) is 0 Å². The Hall–Kier alpha value is -0.585. The van der Waals surface area contributed by atoms with E-state index in [1.54, 1.807) is 0 Å². The number of hydrogen-bond acceptors (Lipinski definition) is 4. The van der Waals surface area contributed by atoms with Crippen molar-refractivity contribution in [3.63, 3.8) is 0 Å². The smallest absolute Gasteiger partial charge is 0.457 e. The molecule has 0 bridgehead atoms. The summed E-state index contributed by atoms with van der Waals surface area (Å²) in [4.78, 5) is 13.9. The van der Waals surface area contributed by atoms with Crippen LogP contribution in [0.3, 0.4) is 0 Å². The first kappa shape index (κ1) is 19.4. The van der Waals surface area contributed by atoms with Crippen molar-refractivity contribution in [2.45, 2.75) is 70.4 Å². The summed E-state index contributed by atoms with van der Waals surface area (Å²) in [6.45, 7) is 7.97. The number of carboxylic acids is 1. The summed E-state index contributed by atoms with van der Waals surface area (Å²) in [5.74, 6) is 2.16. The maximum absolute atomic E-state index is 11.8. The Morgan fingerprint density at radius 3 is 2.61 bits per heavy atom. The van der Waals surface area contributed by atoms with E-state index in [1.165, 1.54) is 6.42 Å². The van der Waals surface area contributed by atoms with Crippen LogP contribution in [0.15, 0.2) is 0 Å². The largest absolute Gasteiger partial charge is 0.481 e. The van der Waals surface area contributed by atoms with Gasteiger partial charge in [0.25, 0.3) is 0 Å². The predicted molar refractivity (Wildman–Crippen MR) is 108 cm³/mol. The molecule has 1 aliphatic heterocycles. The molecule has 0 radical (unpaired) electrons. The van der Waals surface area contributed by atoms with Gasteiger partial charge in [0.05, 0.1) is 17.1 Å². The standard InChI is InChI=1S/C22H36BNO4/c1-20(2)16-11-22-17(16)18(20)21(22,3)27-23(28-22)9-8-13-6-7-14(12-24(4)5)15(10-13)19(25)26/h13-18H,6-12H2,1-5H3,(H,25,26)/t13-,14-,15-,16-,17?,18+,21+,22-/m0/s1. The Balaban J connectivity index is 1.17. The molecule has 5 aliphatic rings. The van der Waals surface area contributed by atoms with Crippen LogP contribution in [0.25, 0.3) is 0 Å². The fourth-order valence-electron chi connectivity index (χ4n) is 8.32. The number of fused-ring (bicyclic) bond motifs is 1. The molecule has 156 valence electrons. The topological polar surface area (TPSA) is 59.0 Å². The van der Waals surface area contributed by atoms with Gasteiger partial charge in [-0.3, -0.25) is 4.79 Å². The molecule has 28 heavy (non-hydrogen) atoms. The molecule has 0 aromatic rings. The van der Waals surface area contributed by atoms with Crippen LogP contribution in [0, 0.1) is 40.9 Å². The zero-order chi connectivity index (χ0) is 20.1. The van der Waals surface area contributed by atoms with Crippen molar-refractivity contribution in [3.8, 4) is 0 Å². The van der Waals surface area contributed by atoms with E-state index in [2.05, 4.69) is 25.7 Å². The van der Waals surface area contributed by atoms with E-state index in [0.717, 1.165) is 50.4 Å². The third-order valence-electron chi connectivity index (χ3n) is 9.59. The van der Waals surface area contributed by atoms with Gasteiger partial charge in [-0.15, -0.1) is 0 Å². The first-order chi connectivity index (χ1) is 13.1. The molecule has 1 N–H and O–H groups in total. The number of aliphatic carboxylic acids is 1. The fraction of sp³-hybridized carbons (Fsp3) is 0.955. The zero-order valence-corrected chi connectivity index (χ0v) is 18.1. The highest BCUT2D eigenvalue weighted by atomic mass is 16.7. The average molecular weight is 389 g/mol. The van der Waals surface area contributed by atoms with Crippen LogP contribution in [0.1, 0.15) is 52.9 Å². The quantitative estimate of drug-likeness (QED) is 0.706. The minimum atomic E-state index is -0.617. The summed E-state index contributed by atoms with van der Waals surface area (Å²) in [5.41, 5.74) is 0.321. The summed E-state index contributed by atoms with van der Waals surface area (Å²) in [6, 6.07) is 0. The lowest BCUT2D eigenvalue weighted by molar-refractivity contribution is -0.428. The molecule has 0 amide bonds. The van der Waals surface area contributed by atoms with Crippen LogP contribution in [-0.4, -0.2) is 54.9 Å². The van der Waals surface area contributed by atoms with Gasteiger partial charge in [-0.25, -0.2) is 0 Å². The minimum Gasteiger partial charge on any atom is -0.481 e. The van der Waals surface area contributed by atoms with E-state index in [9.17, 15) is 9.90 Å². The monoisotopic (exact) mass is 389 g/mol. The Kier molecular flexibility index (Phi) is 4.14. The second-order valence-corrected chi connectivity index (χ2v) is 11.5. The predicted octanol–water partition coefficient (Wildman–Crippen LogP) is 3.39. The molecule has 6 heteroatoms. The maximum atomic E-state index is 11.8. The Morgan fingerprint density at radius 2 is 1.96 bits per heavy atom. The van der Waals surface area contributed by atoms with Gasteiger partial charge in [-0.2, -0.15) is 0 Å². The lowest BCUT2D eigenvalue weighted by atomic mass is 9.20. The summed E-state index contributed by atoms with van der Waals surface area (Å²) >= 11 is 0. The van der Waals surface area contributed by atoms with E-state index in [-0.39, 0.29) is 30.2 Å². The van der Waals surface area contributed by atoms with Gasteiger partial charge in [0.15, 0.2) is 0 Å². The summed E-state index contributed by atoms with van der Waals surface area (Å²) in [5, 5.41) is 9.72. The van der Waals surface area contributed by atoms with Gasteiger partial charge in [-0.05, 0) is 75.7 Å². The lowest BCUT2D eigenvalue weighted by Crippen LogP contribution is -2.92. The molecule has 0 aromatic carbocycles. The van der Waals surface area contributed by atoms with Crippen molar-refractivity contribution < 1.29 is 19.2 Å². The van der Waals surface area contributed by atoms with E-state index < -0.39 is 5.97 Å². The van der Waals surface area contributed by atoms with Gasteiger partial charge >= 0.3 is 13.1 Å². The maximum Gasteiger partial charge on any atom is 0.457 e. The van der Waals surface area contributed by atoms with Crippen LogP contribution in [0.2, 0.25) is 6.32 Å². The Labute approximate surface area is 169 Å². The van der Waals surface area contributed by atoms with Gasteiger partial charge in [0.2, 0.25) is 0 Å². The molecule has 4 aliphatic carbocycles. The third-order valence-corrected chi connectivity index (χ3v) is 9.59. The third kappa shape index (κ3) is 2.29. The number of rotatable bonds is 6. The van der Waals surface area contributed by atoms with Crippen molar-refractivity contribution in [2.75, 3.05) is 20.6 Å². The van der Waals surface area contributed by atoms with Crippen molar-refractivity contribution in [1.29, 1.82) is 0 Å². The van der Waals surface area contributed by atoms with Gasteiger partial charge in [0, 0.05) is 12.5 Å².